The van der Waals surface area contributed by atoms with Gasteiger partial charge in [-0.3, -0.25) is 0 Å². The fourth-order valence-electron chi connectivity index (χ4n) is 3.79. The van der Waals surface area contributed by atoms with Gasteiger partial charge >= 0.3 is 17.9 Å². The van der Waals surface area contributed by atoms with Crippen molar-refractivity contribution in [3.8, 4) is 0 Å². The number of ether oxygens (including phenoxy) is 3. The molecule has 2 rings (SSSR count). The highest BCUT2D eigenvalue weighted by molar-refractivity contribution is 6.02. The topological polar surface area (TPSA) is 78.9 Å². The summed E-state index contributed by atoms with van der Waals surface area (Å²) in [5.41, 5.74) is 0.890. The summed E-state index contributed by atoms with van der Waals surface area (Å²) in [6, 6.07) is 0. The summed E-state index contributed by atoms with van der Waals surface area (Å²) in [7, 11) is 0. The van der Waals surface area contributed by atoms with Crippen molar-refractivity contribution in [2.75, 3.05) is 19.8 Å². The lowest BCUT2D eigenvalue weighted by molar-refractivity contribution is -0.142. The van der Waals surface area contributed by atoms with Crippen molar-refractivity contribution in [2.45, 2.75) is 46.5 Å². The molecule has 0 N–H and O–H groups in total. The molecule has 0 aromatic rings. The van der Waals surface area contributed by atoms with Crippen molar-refractivity contribution >= 4 is 17.9 Å². The second-order valence-corrected chi connectivity index (χ2v) is 6.59. The van der Waals surface area contributed by atoms with Crippen molar-refractivity contribution in [1.29, 1.82) is 0 Å². The van der Waals surface area contributed by atoms with E-state index in [0.29, 0.717) is 24.2 Å². The zero-order valence-electron chi connectivity index (χ0n) is 15.8. The van der Waals surface area contributed by atoms with Crippen molar-refractivity contribution in [3.63, 3.8) is 0 Å². The highest BCUT2D eigenvalue weighted by Crippen LogP contribution is 2.53. The van der Waals surface area contributed by atoms with E-state index in [1.165, 1.54) is 6.08 Å². The minimum Gasteiger partial charge on any atom is -0.463 e. The Balaban J connectivity index is 2.13. The van der Waals surface area contributed by atoms with Crippen molar-refractivity contribution < 1.29 is 28.6 Å². The van der Waals surface area contributed by atoms with Crippen LogP contribution in [0.3, 0.4) is 0 Å². The highest BCUT2D eigenvalue weighted by Gasteiger charge is 2.50. The number of allylic oxidation sites excluding steroid dienone is 1. The van der Waals surface area contributed by atoms with Gasteiger partial charge in [0.25, 0.3) is 0 Å². The van der Waals surface area contributed by atoms with Gasteiger partial charge in [0.05, 0.1) is 31.0 Å². The average molecular weight is 364 g/mol. The summed E-state index contributed by atoms with van der Waals surface area (Å²) in [5.74, 6) is -1.36. The van der Waals surface area contributed by atoms with Crippen molar-refractivity contribution in [2.24, 2.45) is 17.8 Å². The molecule has 26 heavy (non-hydrogen) atoms. The zero-order chi connectivity index (χ0) is 19.1. The summed E-state index contributed by atoms with van der Waals surface area (Å²) >= 11 is 0. The molecule has 0 spiro atoms. The molecule has 1 fully saturated rings. The van der Waals surface area contributed by atoms with Crippen LogP contribution in [0.5, 0.6) is 0 Å². The quantitative estimate of drug-likeness (QED) is 0.271. The first-order valence-corrected chi connectivity index (χ1v) is 9.46. The Bertz CT molecular complexity index is 603. The molecule has 3 atom stereocenters. The van der Waals surface area contributed by atoms with Crippen LogP contribution >= 0.6 is 0 Å². The third-order valence-corrected chi connectivity index (χ3v) is 4.89. The number of fused-ring (bicyclic) bond motifs is 2. The predicted molar refractivity (Wildman–Crippen MR) is 95.0 cm³/mol. The Morgan fingerprint density at radius 2 is 1.62 bits per heavy atom. The van der Waals surface area contributed by atoms with Crippen molar-refractivity contribution in [1.82, 2.24) is 0 Å². The number of carbonyl (C=O) groups excluding carboxylic acids is 3. The number of unbranched alkanes of at least 4 members (excludes halogenated alkanes) is 1. The van der Waals surface area contributed by atoms with Gasteiger partial charge in [0.15, 0.2) is 0 Å². The molecular weight excluding hydrogens is 336 g/mol. The smallest absolute Gasteiger partial charge is 0.334 e. The van der Waals surface area contributed by atoms with Crippen LogP contribution in [0.2, 0.25) is 0 Å². The van der Waals surface area contributed by atoms with Gasteiger partial charge < -0.3 is 14.2 Å². The van der Waals surface area contributed by atoms with Gasteiger partial charge in [0.2, 0.25) is 0 Å². The second-order valence-electron chi connectivity index (χ2n) is 6.59. The van der Waals surface area contributed by atoms with Crippen LogP contribution in [0.15, 0.2) is 23.3 Å². The molecule has 2 aliphatic rings. The molecular formula is C20H28O6. The maximum atomic E-state index is 12.4. The Labute approximate surface area is 154 Å². The summed E-state index contributed by atoms with van der Waals surface area (Å²) in [4.78, 5) is 36.5. The Hall–Kier alpha value is -2.11. The van der Waals surface area contributed by atoms with Crippen LogP contribution in [-0.2, 0) is 28.6 Å². The van der Waals surface area contributed by atoms with E-state index < -0.39 is 11.9 Å². The van der Waals surface area contributed by atoms with E-state index in [0.717, 1.165) is 19.3 Å². The maximum Gasteiger partial charge on any atom is 0.334 e. The first kappa shape index (κ1) is 20.2. The predicted octanol–water partition coefficient (Wildman–Crippen LogP) is 2.96. The third-order valence-electron chi connectivity index (χ3n) is 4.89. The normalized spacial score (nSPS) is 24.2. The minimum atomic E-state index is -0.452. The monoisotopic (exact) mass is 364 g/mol. The average Bonchev–Trinajstić information content (AvgIpc) is 3.18. The summed E-state index contributed by atoms with van der Waals surface area (Å²) in [5, 5.41) is 0. The molecule has 6 nitrogen and oxygen atoms in total. The fraction of sp³-hybridized carbons (Fsp3) is 0.650. The van der Waals surface area contributed by atoms with Gasteiger partial charge in [-0.2, -0.15) is 0 Å². The van der Waals surface area contributed by atoms with E-state index >= 15 is 0 Å². The lowest BCUT2D eigenvalue weighted by Gasteiger charge is -2.23. The van der Waals surface area contributed by atoms with Crippen LogP contribution in [-0.4, -0.2) is 37.7 Å². The van der Waals surface area contributed by atoms with Gasteiger partial charge in [0, 0.05) is 6.08 Å². The number of esters is 3. The molecule has 2 aliphatic carbocycles. The number of hydrogen-bond acceptors (Lipinski definition) is 6. The zero-order valence-corrected chi connectivity index (χ0v) is 15.8. The van der Waals surface area contributed by atoms with Gasteiger partial charge in [-0.1, -0.05) is 19.4 Å². The highest BCUT2D eigenvalue weighted by atomic mass is 16.5. The van der Waals surface area contributed by atoms with Gasteiger partial charge in [-0.15, -0.1) is 0 Å². The van der Waals surface area contributed by atoms with Crippen LogP contribution in [0, 0.1) is 17.8 Å². The van der Waals surface area contributed by atoms with Crippen LogP contribution in [0.1, 0.15) is 46.5 Å². The van der Waals surface area contributed by atoms with E-state index in [1.807, 2.05) is 6.92 Å². The van der Waals surface area contributed by atoms with Crippen LogP contribution in [0.4, 0.5) is 0 Å². The maximum absolute atomic E-state index is 12.4. The molecule has 0 aromatic heterocycles. The number of rotatable bonds is 9. The first-order chi connectivity index (χ1) is 12.5. The molecule has 2 bridgehead atoms. The lowest BCUT2D eigenvalue weighted by Crippen LogP contribution is -2.25. The fourth-order valence-corrected chi connectivity index (χ4v) is 3.79. The summed E-state index contributed by atoms with van der Waals surface area (Å²) in [6.45, 7) is 6.44. The molecule has 0 heterocycles. The molecule has 144 valence electrons. The molecule has 0 aromatic carbocycles. The Kier molecular flexibility index (Phi) is 7.42. The number of carbonyl (C=O) groups is 3. The first-order valence-electron chi connectivity index (χ1n) is 9.46. The van der Waals surface area contributed by atoms with Gasteiger partial charge in [0.1, 0.15) is 0 Å². The minimum absolute atomic E-state index is 0.0239. The molecule has 1 saturated carbocycles. The van der Waals surface area contributed by atoms with Gasteiger partial charge in [-0.05, 0) is 50.9 Å². The molecule has 0 aliphatic heterocycles. The lowest BCUT2D eigenvalue weighted by atomic mass is 9.83. The van der Waals surface area contributed by atoms with E-state index in [4.69, 9.17) is 14.2 Å². The van der Waals surface area contributed by atoms with Crippen molar-refractivity contribution in [3.05, 3.63) is 23.3 Å². The van der Waals surface area contributed by atoms with Crippen LogP contribution in [0.25, 0.3) is 0 Å². The molecule has 6 heteroatoms. The van der Waals surface area contributed by atoms with Gasteiger partial charge in [-0.25, -0.2) is 14.4 Å². The van der Waals surface area contributed by atoms with E-state index in [1.54, 1.807) is 19.9 Å². The Morgan fingerprint density at radius 3 is 2.23 bits per heavy atom. The largest absolute Gasteiger partial charge is 0.463 e. The van der Waals surface area contributed by atoms with E-state index in [2.05, 4.69) is 0 Å². The Morgan fingerprint density at radius 1 is 0.962 bits per heavy atom. The summed E-state index contributed by atoms with van der Waals surface area (Å²) in [6.07, 6.45) is 6.48. The molecule has 0 amide bonds. The molecule has 0 radical (unpaired) electrons. The summed E-state index contributed by atoms with van der Waals surface area (Å²) < 4.78 is 15.4. The second kappa shape index (κ2) is 9.55. The third kappa shape index (κ3) is 4.54. The molecule has 0 saturated heterocycles. The van der Waals surface area contributed by atoms with E-state index in [-0.39, 0.29) is 36.9 Å². The standard InChI is InChI=1S/C20H28O6/c1-4-7-10-26-16(21)9-8-13-11-14-12-15(13)18(20(23)25-6-3)17(14)19(22)24-5-2/h8-9,13-15H,4-7,10-12H2,1-3H3/b9-8+. The van der Waals surface area contributed by atoms with Crippen LogP contribution < -0.4 is 0 Å². The SMILES string of the molecule is CCCCOC(=O)/C=C/C1CC2CC1C(C(=O)OCC)=C2C(=O)OCC. The molecule has 3 unspecified atom stereocenters. The number of hydrogen-bond donors (Lipinski definition) is 0. The van der Waals surface area contributed by atoms with E-state index in [9.17, 15) is 14.4 Å².